The zero-order valence-corrected chi connectivity index (χ0v) is 18.5. The highest BCUT2D eigenvalue weighted by atomic mass is 35.5. The van der Waals surface area contributed by atoms with Crippen molar-refractivity contribution in [3.05, 3.63) is 35.9 Å². The lowest BCUT2D eigenvalue weighted by Gasteiger charge is -2.31. The van der Waals surface area contributed by atoms with E-state index in [4.69, 9.17) is 5.73 Å². The van der Waals surface area contributed by atoms with Gasteiger partial charge in [-0.25, -0.2) is 0 Å². The van der Waals surface area contributed by atoms with Crippen LogP contribution in [0.3, 0.4) is 0 Å². The SMILES string of the molecule is CC(C)[C@H](NC(=O)[C@H](C)N)C(=O)N1CCC[C@@H]1CNCc1ccccc1.Cl.Cl. The summed E-state index contributed by atoms with van der Waals surface area (Å²) in [5, 5.41) is 6.27. The number of hydrogen-bond acceptors (Lipinski definition) is 4. The molecule has 3 atom stereocenters. The Bertz CT molecular complexity index is 599. The van der Waals surface area contributed by atoms with Gasteiger partial charge in [0.2, 0.25) is 11.8 Å². The molecule has 6 nitrogen and oxygen atoms in total. The second kappa shape index (κ2) is 13.0. The van der Waals surface area contributed by atoms with E-state index < -0.39 is 12.1 Å². The molecule has 1 heterocycles. The van der Waals surface area contributed by atoms with E-state index in [9.17, 15) is 9.59 Å². The molecule has 8 heteroatoms. The number of carbonyl (C=O) groups is 2. The van der Waals surface area contributed by atoms with Crippen LogP contribution in [-0.2, 0) is 16.1 Å². The van der Waals surface area contributed by atoms with Crippen LogP contribution in [0.4, 0.5) is 0 Å². The number of rotatable bonds is 8. The highest BCUT2D eigenvalue weighted by Gasteiger charge is 2.35. The van der Waals surface area contributed by atoms with Crippen LogP contribution in [0.15, 0.2) is 30.3 Å². The second-order valence-electron chi connectivity index (χ2n) is 7.46. The second-order valence-corrected chi connectivity index (χ2v) is 7.46. The summed E-state index contributed by atoms with van der Waals surface area (Å²) in [6, 6.07) is 9.25. The van der Waals surface area contributed by atoms with Gasteiger partial charge in [-0.3, -0.25) is 9.59 Å². The molecule has 2 rings (SSSR count). The third kappa shape index (κ3) is 7.59. The van der Waals surface area contributed by atoms with Gasteiger partial charge in [0.15, 0.2) is 0 Å². The minimum Gasteiger partial charge on any atom is -0.343 e. The number of carbonyl (C=O) groups excluding carboxylic acids is 2. The van der Waals surface area contributed by atoms with Crippen molar-refractivity contribution in [2.75, 3.05) is 13.1 Å². The molecule has 1 aromatic carbocycles. The highest BCUT2D eigenvalue weighted by molar-refractivity contribution is 5.90. The van der Waals surface area contributed by atoms with Crippen LogP contribution >= 0.6 is 24.8 Å². The van der Waals surface area contributed by atoms with Gasteiger partial charge in [-0.2, -0.15) is 0 Å². The van der Waals surface area contributed by atoms with E-state index >= 15 is 0 Å². The predicted octanol–water partition coefficient (Wildman–Crippen LogP) is 2.10. The Hall–Kier alpha value is -1.34. The topological polar surface area (TPSA) is 87.5 Å². The lowest BCUT2D eigenvalue weighted by atomic mass is 10.0. The Labute approximate surface area is 180 Å². The summed E-state index contributed by atoms with van der Waals surface area (Å²) < 4.78 is 0. The monoisotopic (exact) mass is 432 g/mol. The van der Waals surface area contributed by atoms with Crippen LogP contribution in [0, 0.1) is 5.92 Å². The number of nitrogens with one attached hydrogen (secondary N) is 2. The Morgan fingerprint density at radius 3 is 2.39 bits per heavy atom. The van der Waals surface area contributed by atoms with E-state index in [1.165, 1.54) is 5.56 Å². The fourth-order valence-corrected chi connectivity index (χ4v) is 3.29. The molecule has 0 spiro atoms. The first-order valence-electron chi connectivity index (χ1n) is 9.51. The average Bonchev–Trinajstić information content (AvgIpc) is 3.08. The largest absolute Gasteiger partial charge is 0.343 e. The van der Waals surface area contributed by atoms with Gasteiger partial charge in [0, 0.05) is 25.7 Å². The van der Waals surface area contributed by atoms with E-state index in [1.807, 2.05) is 36.9 Å². The molecule has 0 bridgehead atoms. The number of benzene rings is 1. The molecule has 1 aliphatic rings. The van der Waals surface area contributed by atoms with Gasteiger partial charge < -0.3 is 21.3 Å². The van der Waals surface area contributed by atoms with Crippen LogP contribution in [0.25, 0.3) is 0 Å². The van der Waals surface area contributed by atoms with Gasteiger partial charge in [0.25, 0.3) is 0 Å². The standard InChI is InChI=1S/C20H32N4O2.2ClH/c1-14(2)18(23-19(25)15(3)21)20(26)24-11-7-10-17(24)13-22-12-16-8-5-4-6-9-16;;/h4-6,8-9,14-15,17-18,22H,7,10-13,21H2,1-3H3,(H,23,25);2*1H/t15-,17+,18-;;/m0../s1. The van der Waals surface area contributed by atoms with Crippen LogP contribution in [0.1, 0.15) is 39.2 Å². The molecule has 1 fully saturated rings. The minimum absolute atomic E-state index is 0. The van der Waals surface area contributed by atoms with Gasteiger partial charge in [0.05, 0.1) is 6.04 Å². The van der Waals surface area contributed by atoms with Crippen LogP contribution in [-0.4, -0.2) is 47.9 Å². The van der Waals surface area contributed by atoms with Crippen molar-refractivity contribution in [3.63, 3.8) is 0 Å². The summed E-state index contributed by atoms with van der Waals surface area (Å²) in [5.74, 6) is -0.267. The van der Waals surface area contributed by atoms with Crippen molar-refractivity contribution in [2.45, 2.75) is 58.3 Å². The fraction of sp³-hybridized carbons (Fsp3) is 0.600. The number of likely N-dealkylation sites (tertiary alicyclic amines) is 1. The Kier molecular flexibility index (Phi) is 12.4. The first-order chi connectivity index (χ1) is 12.4. The summed E-state index contributed by atoms with van der Waals surface area (Å²) in [6.07, 6.45) is 1.98. The Morgan fingerprint density at radius 1 is 1.18 bits per heavy atom. The van der Waals surface area contributed by atoms with E-state index in [-0.39, 0.29) is 48.6 Å². The maximum atomic E-state index is 13.0. The first-order valence-corrected chi connectivity index (χ1v) is 9.51. The van der Waals surface area contributed by atoms with E-state index in [0.29, 0.717) is 0 Å². The van der Waals surface area contributed by atoms with E-state index in [0.717, 1.165) is 32.5 Å². The Balaban J connectivity index is 0.00000364. The molecule has 1 aromatic rings. The van der Waals surface area contributed by atoms with Crippen molar-refractivity contribution in [1.82, 2.24) is 15.5 Å². The normalized spacial score (nSPS) is 18.0. The molecule has 28 heavy (non-hydrogen) atoms. The van der Waals surface area contributed by atoms with Crippen LogP contribution in [0.2, 0.25) is 0 Å². The maximum Gasteiger partial charge on any atom is 0.245 e. The number of nitrogens with two attached hydrogens (primary N) is 1. The van der Waals surface area contributed by atoms with Gasteiger partial charge in [-0.15, -0.1) is 24.8 Å². The van der Waals surface area contributed by atoms with E-state index in [2.05, 4.69) is 22.8 Å². The molecule has 2 amide bonds. The molecular weight excluding hydrogens is 399 g/mol. The summed E-state index contributed by atoms with van der Waals surface area (Å²) in [5.41, 5.74) is 6.87. The van der Waals surface area contributed by atoms with Gasteiger partial charge >= 0.3 is 0 Å². The minimum atomic E-state index is -0.619. The number of halogens is 2. The first kappa shape index (κ1) is 26.7. The molecule has 4 N–H and O–H groups in total. The van der Waals surface area contributed by atoms with Crippen molar-refractivity contribution < 1.29 is 9.59 Å². The number of hydrogen-bond donors (Lipinski definition) is 3. The Morgan fingerprint density at radius 2 is 1.82 bits per heavy atom. The summed E-state index contributed by atoms with van der Waals surface area (Å²) in [4.78, 5) is 26.9. The molecule has 1 aliphatic heterocycles. The average molecular weight is 433 g/mol. The molecule has 0 saturated carbocycles. The number of amides is 2. The third-order valence-corrected chi connectivity index (χ3v) is 4.86. The van der Waals surface area contributed by atoms with Crippen molar-refractivity contribution >= 4 is 36.6 Å². The maximum absolute atomic E-state index is 13.0. The van der Waals surface area contributed by atoms with Gasteiger partial charge in [0.1, 0.15) is 6.04 Å². The van der Waals surface area contributed by atoms with Crippen molar-refractivity contribution in [3.8, 4) is 0 Å². The highest BCUT2D eigenvalue weighted by Crippen LogP contribution is 2.20. The molecule has 0 aliphatic carbocycles. The smallest absolute Gasteiger partial charge is 0.245 e. The lowest BCUT2D eigenvalue weighted by molar-refractivity contribution is -0.138. The van der Waals surface area contributed by atoms with E-state index in [1.54, 1.807) is 6.92 Å². The molecule has 0 unspecified atom stereocenters. The summed E-state index contributed by atoms with van der Waals surface area (Å²) >= 11 is 0. The molecule has 0 radical (unpaired) electrons. The summed E-state index contributed by atoms with van der Waals surface area (Å²) in [7, 11) is 0. The van der Waals surface area contributed by atoms with Crippen LogP contribution in [0.5, 0.6) is 0 Å². The zero-order valence-electron chi connectivity index (χ0n) is 16.9. The van der Waals surface area contributed by atoms with Gasteiger partial charge in [-0.05, 0) is 31.2 Å². The quantitative estimate of drug-likeness (QED) is 0.586. The molecule has 1 saturated heterocycles. The lowest BCUT2D eigenvalue weighted by Crippen LogP contribution is -2.56. The summed E-state index contributed by atoms with van der Waals surface area (Å²) in [6.45, 7) is 7.81. The van der Waals surface area contributed by atoms with Crippen molar-refractivity contribution in [1.29, 1.82) is 0 Å². The molecule has 0 aromatic heterocycles. The zero-order chi connectivity index (χ0) is 19.1. The molecular formula is C20H34Cl2N4O2. The van der Waals surface area contributed by atoms with Crippen molar-refractivity contribution in [2.24, 2.45) is 11.7 Å². The molecule has 160 valence electrons. The fourth-order valence-electron chi connectivity index (χ4n) is 3.29. The van der Waals surface area contributed by atoms with Crippen LogP contribution < -0.4 is 16.4 Å². The number of nitrogens with zero attached hydrogens (tertiary/aromatic N) is 1. The predicted molar refractivity (Wildman–Crippen MR) is 118 cm³/mol. The third-order valence-electron chi connectivity index (χ3n) is 4.86. The van der Waals surface area contributed by atoms with Gasteiger partial charge in [-0.1, -0.05) is 44.2 Å².